The number of benzene rings is 1. The Labute approximate surface area is 99.1 Å². The van der Waals surface area contributed by atoms with E-state index >= 15 is 0 Å². The van der Waals surface area contributed by atoms with Gasteiger partial charge >= 0.3 is 5.97 Å². The van der Waals surface area contributed by atoms with Crippen LogP contribution in [0.25, 0.3) is 0 Å². The summed E-state index contributed by atoms with van der Waals surface area (Å²) in [6, 6.07) is 5.15. The lowest BCUT2D eigenvalue weighted by Crippen LogP contribution is -2.37. The van der Waals surface area contributed by atoms with Gasteiger partial charge in [0.25, 0.3) is 0 Å². The molecule has 0 amide bonds. The highest BCUT2D eigenvalue weighted by atomic mass is 19.1. The molecular weight excluding hydrogens is 225 g/mol. The summed E-state index contributed by atoms with van der Waals surface area (Å²) in [5.41, 5.74) is 0.566. The van der Waals surface area contributed by atoms with Gasteiger partial charge in [0.2, 0.25) is 0 Å². The highest BCUT2D eigenvalue weighted by Crippen LogP contribution is 2.19. The number of aliphatic hydroxyl groups is 1. The van der Waals surface area contributed by atoms with E-state index in [-0.39, 0.29) is 18.4 Å². The Kier molecular flexibility index (Phi) is 5.06. The van der Waals surface area contributed by atoms with E-state index in [0.717, 1.165) is 0 Å². The van der Waals surface area contributed by atoms with Crippen molar-refractivity contribution in [3.05, 3.63) is 35.6 Å². The minimum Gasteiger partial charge on any atom is -0.480 e. The maximum absolute atomic E-state index is 12.7. The largest absolute Gasteiger partial charge is 0.480 e. The predicted octanol–water partition coefficient (Wildman–Crippen LogP) is 1.31. The summed E-state index contributed by atoms with van der Waals surface area (Å²) >= 11 is 0. The van der Waals surface area contributed by atoms with Gasteiger partial charge in [-0.25, -0.2) is 4.39 Å². The van der Waals surface area contributed by atoms with Crippen molar-refractivity contribution < 1.29 is 19.4 Å². The predicted molar refractivity (Wildman–Crippen MR) is 61.1 cm³/mol. The van der Waals surface area contributed by atoms with Crippen LogP contribution < -0.4 is 5.32 Å². The first-order chi connectivity index (χ1) is 8.04. The molecule has 0 fully saturated rings. The highest BCUT2D eigenvalue weighted by molar-refractivity contribution is 5.69. The molecule has 1 rings (SSSR count). The lowest BCUT2D eigenvalue weighted by atomic mass is 10.0. The lowest BCUT2D eigenvalue weighted by Gasteiger charge is -2.22. The molecule has 0 heterocycles. The molecule has 1 aromatic carbocycles. The molecule has 2 atom stereocenters. The molecule has 94 valence electrons. The Morgan fingerprint density at radius 3 is 2.47 bits per heavy atom. The Morgan fingerprint density at radius 1 is 1.41 bits per heavy atom. The molecule has 17 heavy (non-hydrogen) atoms. The van der Waals surface area contributed by atoms with Gasteiger partial charge < -0.3 is 15.5 Å². The lowest BCUT2D eigenvalue weighted by molar-refractivity contribution is -0.136. The van der Waals surface area contributed by atoms with E-state index in [2.05, 4.69) is 5.32 Å². The molecular formula is C12H16FNO3. The fraction of sp³-hybridized carbons (Fsp3) is 0.417. The molecule has 0 radical (unpaired) electrons. The van der Waals surface area contributed by atoms with Crippen LogP contribution in [0.5, 0.6) is 0 Å². The van der Waals surface area contributed by atoms with Crippen LogP contribution in [0.1, 0.15) is 25.0 Å². The average Bonchev–Trinajstić information content (AvgIpc) is 2.30. The van der Waals surface area contributed by atoms with Crippen LogP contribution in [0.3, 0.4) is 0 Å². The smallest absolute Gasteiger partial charge is 0.317 e. The van der Waals surface area contributed by atoms with Gasteiger partial charge in [-0.1, -0.05) is 19.1 Å². The first-order valence-electron chi connectivity index (χ1n) is 5.43. The monoisotopic (exact) mass is 241 g/mol. The van der Waals surface area contributed by atoms with Crippen molar-refractivity contribution in [1.29, 1.82) is 0 Å². The number of hydrogen-bond acceptors (Lipinski definition) is 3. The number of nitrogens with one attached hydrogen (secondary N) is 1. The molecule has 0 aliphatic rings. The topological polar surface area (TPSA) is 69.6 Å². The minimum atomic E-state index is -0.977. The number of carbonyl (C=O) groups is 1. The second-order valence-corrected chi connectivity index (χ2v) is 3.79. The van der Waals surface area contributed by atoms with E-state index in [1.165, 1.54) is 24.3 Å². The van der Waals surface area contributed by atoms with Gasteiger partial charge in [-0.05, 0) is 24.1 Å². The number of halogens is 1. The number of carboxylic acids is 1. The fourth-order valence-corrected chi connectivity index (χ4v) is 1.59. The van der Waals surface area contributed by atoms with Gasteiger partial charge in [0.15, 0.2) is 0 Å². The molecule has 0 spiro atoms. The van der Waals surface area contributed by atoms with Crippen LogP contribution in [0, 0.1) is 5.82 Å². The SMILES string of the molecule is CCC(NCC(=O)O)C(O)c1ccc(F)cc1. The van der Waals surface area contributed by atoms with Crippen LogP contribution in [-0.2, 0) is 4.79 Å². The third-order valence-electron chi connectivity index (χ3n) is 2.55. The van der Waals surface area contributed by atoms with Gasteiger partial charge in [0.1, 0.15) is 5.82 Å². The fourth-order valence-electron chi connectivity index (χ4n) is 1.59. The van der Waals surface area contributed by atoms with Gasteiger partial charge in [-0.15, -0.1) is 0 Å². The van der Waals surface area contributed by atoms with Crippen molar-refractivity contribution >= 4 is 5.97 Å². The summed E-state index contributed by atoms with van der Waals surface area (Å²) < 4.78 is 12.7. The quantitative estimate of drug-likeness (QED) is 0.702. The average molecular weight is 241 g/mol. The molecule has 0 saturated carbocycles. The number of aliphatic carboxylic acids is 1. The summed E-state index contributed by atoms with van der Waals surface area (Å²) in [7, 11) is 0. The van der Waals surface area contributed by atoms with E-state index in [9.17, 15) is 14.3 Å². The molecule has 0 saturated heterocycles. The minimum absolute atomic E-state index is 0.212. The number of carboxylic acid groups (broad SMARTS) is 1. The van der Waals surface area contributed by atoms with Gasteiger partial charge in [0.05, 0.1) is 12.6 Å². The third-order valence-corrected chi connectivity index (χ3v) is 2.55. The number of rotatable bonds is 6. The molecule has 0 aliphatic heterocycles. The molecule has 3 N–H and O–H groups in total. The maximum Gasteiger partial charge on any atom is 0.317 e. The van der Waals surface area contributed by atoms with E-state index in [0.29, 0.717) is 12.0 Å². The third kappa shape index (κ3) is 4.13. The van der Waals surface area contributed by atoms with Crippen molar-refractivity contribution in [1.82, 2.24) is 5.32 Å². The summed E-state index contributed by atoms with van der Waals surface area (Å²) in [5.74, 6) is -1.35. The molecule has 0 aliphatic carbocycles. The van der Waals surface area contributed by atoms with Crippen LogP contribution >= 0.6 is 0 Å². The molecule has 0 bridgehead atoms. The van der Waals surface area contributed by atoms with Crippen molar-refractivity contribution in [2.24, 2.45) is 0 Å². The van der Waals surface area contributed by atoms with Crippen molar-refractivity contribution in [3.8, 4) is 0 Å². The standard InChI is InChI=1S/C12H16FNO3/c1-2-10(14-7-11(15)16)12(17)8-3-5-9(13)6-4-8/h3-6,10,12,14,17H,2,7H2,1H3,(H,15,16). The zero-order chi connectivity index (χ0) is 12.8. The van der Waals surface area contributed by atoms with Crippen molar-refractivity contribution in [3.63, 3.8) is 0 Å². The Hall–Kier alpha value is -1.46. The van der Waals surface area contributed by atoms with E-state index in [4.69, 9.17) is 5.11 Å². The summed E-state index contributed by atoms with van der Waals surface area (Å²) in [5, 5.41) is 21.3. The van der Waals surface area contributed by atoms with E-state index in [1.54, 1.807) is 0 Å². The van der Waals surface area contributed by atoms with E-state index in [1.807, 2.05) is 6.92 Å². The van der Waals surface area contributed by atoms with Crippen LogP contribution in [0.15, 0.2) is 24.3 Å². The second-order valence-electron chi connectivity index (χ2n) is 3.79. The zero-order valence-electron chi connectivity index (χ0n) is 9.56. The summed E-state index contributed by atoms with van der Waals surface area (Å²) in [6.45, 7) is 1.63. The van der Waals surface area contributed by atoms with E-state index < -0.39 is 12.1 Å². The van der Waals surface area contributed by atoms with Crippen molar-refractivity contribution in [2.45, 2.75) is 25.5 Å². The van der Waals surface area contributed by atoms with Gasteiger partial charge in [0, 0.05) is 6.04 Å². The van der Waals surface area contributed by atoms with Gasteiger partial charge in [-0.3, -0.25) is 4.79 Å². The summed E-state index contributed by atoms with van der Waals surface area (Å²) in [4.78, 5) is 10.4. The molecule has 2 unspecified atom stereocenters. The maximum atomic E-state index is 12.7. The summed E-state index contributed by atoms with van der Waals surface area (Å²) in [6.07, 6.45) is -0.272. The Morgan fingerprint density at radius 2 is 2.00 bits per heavy atom. The number of aliphatic hydroxyl groups excluding tert-OH is 1. The Balaban J connectivity index is 2.68. The molecule has 5 heteroatoms. The molecule has 0 aromatic heterocycles. The normalized spacial score (nSPS) is 14.3. The zero-order valence-corrected chi connectivity index (χ0v) is 9.56. The van der Waals surface area contributed by atoms with Crippen LogP contribution in [-0.4, -0.2) is 28.8 Å². The van der Waals surface area contributed by atoms with Crippen LogP contribution in [0.2, 0.25) is 0 Å². The second kappa shape index (κ2) is 6.32. The van der Waals surface area contributed by atoms with Crippen molar-refractivity contribution in [2.75, 3.05) is 6.54 Å². The molecule has 1 aromatic rings. The Bertz CT molecular complexity index is 367. The highest BCUT2D eigenvalue weighted by Gasteiger charge is 2.19. The molecule has 4 nitrogen and oxygen atoms in total. The first kappa shape index (κ1) is 13.6. The van der Waals surface area contributed by atoms with Gasteiger partial charge in [-0.2, -0.15) is 0 Å². The first-order valence-corrected chi connectivity index (χ1v) is 5.43. The van der Waals surface area contributed by atoms with Crippen LogP contribution in [0.4, 0.5) is 4.39 Å². The number of hydrogen-bond donors (Lipinski definition) is 3.